The molecule has 33 heavy (non-hydrogen) atoms. The maximum absolute atomic E-state index is 13.1. The molecule has 3 aliphatic rings. The number of anilines is 2. The van der Waals surface area contributed by atoms with Crippen LogP contribution < -0.4 is 15.4 Å². The zero-order valence-electron chi connectivity index (χ0n) is 19.7. The van der Waals surface area contributed by atoms with E-state index in [0.717, 1.165) is 43.6 Å². The number of nitrogens with zero attached hydrogens (tertiary/aromatic N) is 4. The van der Waals surface area contributed by atoms with Crippen molar-refractivity contribution in [3.8, 4) is 6.01 Å². The fourth-order valence-corrected chi connectivity index (χ4v) is 5.11. The number of carbonyl (C=O) groups excluding carboxylic acids is 1. The number of carbonyl (C=O) groups is 1. The number of likely N-dealkylation sites (tertiary alicyclic amines) is 1. The Morgan fingerprint density at radius 3 is 2.61 bits per heavy atom. The number of Topliss-reactive ketones (excluding diaryl/α,β-unsaturated/α-hetero) is 1. The molecule has 2 aliphatic heterocycles. The van der Waals surface area contributed by atoms with Crippen LogP contribution in [0.2, 0.25) is 0 Å². The Balaban J connectivity index is 1.43. The van der Waals surface area contributed by atoms with Gasteiger partial charge in [0, 0.05) is 37.0 Å². The lowest BCUT2D eigenvalue weighted by molar-refractivity contribution is -0.123. The van der Waals surface area contributed by atoms with Crippen molar-refractivity contribution in [2.24, 2.45) is 5.41 Å². The SMILES string of the molecule is CCCCOc1nc(N)c2c(n1)N(Cc1cccc(CN3CCCC3)c1)CC1(CC1)C(=O)C2. The number of rotatable bonds is 8. The zero-order chi connectivity index (χ0) is 22.8. The van der Waals surface area contributed by atoms with Crippen LogP contribution in [0.25, 0.3) is 0 Å². The van der Waals surface area contributed by atoms with Crippen molar-refractivity contribution in [2.75, 3.05) is 36.9 Å². The minimum absolute atomic E-state index is 0.260. The Morgan fingerprint density at radius 2 is 1.88 bits per heavy atom. The normalized spacial score (nSPS) is 19.5. The van der Waals surface area contributed by atoms with Gasteiger partial charge in [0.1, 0.15) is 17.4 Å². The van der Waals surface area contributed by atoms with Gasteiger partial charge in [-0.25, -0.2) is 0 Å². The Morgan fingerprint density at radius 1 is 1.12 bits per heavy atom. The molecular formula is C26H35N5O2. The quantitative estimate of drug-likeness (QED) is 0.615. The summed E-state index contributed by atoms with van der Waals surface area (Å²) >= 11 is 0. The molecule has 0 amide bonds. The average molecular weight is 450 g/mol. The number of aromatic nitrogens is 2. The highest BCUT2D eigenvalue weighted by atomic mass is 16.5. The summed E-state index contributed by atoms with van der Waals surface area (Å²) in [5.41, 5.74) is 9.40. The molecular weight excluding hydrogens is 414 g/mol. The molecule has 1 aliphatic carbocycles. The first-order valence-electron chi connectivity index (χ1n) is 12.4. The van der Waals surface area contributed by atoms with Crippen molar-refractivity contribution in [3.63, 3.8) is 0 Å². The molecule has 176 valence electrons. The lowest BCUT2D eigenvalue weighted by Gasteiger charge is -2.27. The molecule has 7 nitrogen and oxygen atoms in total. The topological polar surface area (TPSA) is 84.6 Å². The van der Waals surface area contributed by atoms with E-state index < -0.39 is 0 Å². The molecule has 1 spiro atoms. The van der Waals surface area contributed by atoms with E-state index in [1.165, 1.54) is 37.1 Å². The molecule has 2 N–H and O–H groups in total. The number of nitrogens with two attached hydrogens (primary N) is 1. The van der Waals surface area contributed by atoms with E-state index in [2.05, 4.69) is 46.0 Å². The van der Waals surface area contributed by atoms with Gasteiger partial charge in [-0.05, 0) is 56.3 Å². The summed E-state index contributed by atoms with van der Waals surface area (Å²) in [5, 5.41) is 0. The number of ketones is 1. The second-order valence-electron chi connectivity index (χ2n) is 9.94. The van der Waals surface area contributed by atoms with Crippen molar-refractivity contribution in [1.29, 1.82) is 0 Å². The van der Waals surface area contributed by atoms with Gasteiger partial charge in [-0.1, -0.05) is 37.6 Å². The monoisotopic (exact) mass is 449 g/mol. The van der Waals surface area contributed by atoms with Gasteiger partial charge in [0.05, 0.1) is 6.61 Å². The van der Waals surface area contributed by atoms with E-state index >= 15 is 0 Å². The molecule has 0 radical (unpaired) electrons. The largest absolute Gasteiger partial charge is 0.463 e. The van der Waals surface area contributed by atoms with E-state index in [1.54, 1.807) is 0 Å². The van der Waals surface area contributed by atoms with Crippen LogP contribution in [0.1, 0.15) is 62.1 Å². The summed E-state index contributed by atoms with van der Waals surface area (Å²) in [6.45, 7) is 7.43. The summed E-state index contributed by atoms with van der Waals surface area (Å²) in [6.07, 6.45) is 6.76. The molecule has 1 saturated heterocycles. The molecule has 2 fully saturated rings. The number of hydrogen-bond acceptors (Lipinski definition) is 7. The van der Waals surface area contributed by atoms with Crippen LogP contribution in [-0.2, 0) is 24.3 Å². The fraction of sp³-hybridized carbons (Fsp3) is 0.577. The Hall–Kier alpha value is -2.67. The molecule has 2 aromatic rings. The average Bonchev–Trinajstić information content (AvgIpc) is 3.43. The first-order valence-corrected chi connectivity index (χ1v) is 12.4. The summed E-state index contributed by atoms with van der Waals surface area (Å²) in [5.74, 6) is 1.39. The maximum Gasteiger partial charge on any atom is 0.320 e. The molecule has 0 atom stereocenters. The summed E-state index contributed by atoms with van der Waals surface area (Å²) in [4.78, 5) is 27.0. The van der Waals surface area contributed by atoms with Crippen LogP contribution >= 0.6 is 0 Å². The maximum atomic E-state index is 13.1. The van der Waals surface area contributed by atoms with Crippen LogP contribution in [0.4, 0.5) is 11.6 Å². The highest BCUT2D eigenvalue weighted by Gasteiger charge is 2.52. The number of nitrogen functional groups attached to an aromatic ring is 1. The van der Waals surface area contributed by atoms with Crippen LogP contribution in [0.3, 0.4) is 0 Å². The van der Waals surface area contributed by atoms with Crippen LogP contribution in [-0.4, -0.2) is 46.9 Å². The van der Waals surface area contributed by atoms with Crippen molar-refractivity contribution >= 4 is 17.4 Å². The van der Waals surface area contributed by atoms with Gasteiger partial charge in [-0.2, -0.15) is 9.97 Å². The predicted molar refractivity (Wildman–Crippen MR) is 129 cm³/mol. The fourth-order valence-electron chi connectivity index (χ4n) is 5.11. The van der Waals surface area contributed by atoms with Gasteiger partial charge in [0.15, 0.2) is 0 Å². The lowest BCUT2D eigenvalue weighted by atomic mass is 9.97. The Bertz CT molecular complexity index is 1010. The van der Waals surface area contributed by atoms with Gasteiger partial charge in [-0.15, -0.1) is 0 Å². The Kier molecular flexibility index (Phi) is 6.23. The van der Waals surface area contributed by atoms with Gasteiger partial charge in [0.25, 0.3) is 0 Å². The van der Waals surface area contributed by atoms with Gasteiger partial charge < -0.3 is 15.4 Å². The standard InChI is InChI=1S/C26H35N5O2/c1-2-3-13-33-25-28-23(27)21-15-22(32)26(9-10-26)18-31(24(21)29-25)17-20-8-6-7-19(14-20)16-30-11-4-5-12-30/h6-8,14H,2-5,9-13,15-18H2,1H3,(H2,27,28,29). The van der Waals surface area contributed by atoms with Crippen molar-refractivity contribution < 1.29 is 9.53 Å². The van der Waals surface area contributed by atoms with Crippen LogP contribution in [0, 0.1) is 5.41 Å². The molecule has 5 rings (SSSR count). The number of ether oxygens (including phenoxy) is 1. The van der Waals surface area contributed by atoms with Crippen molar-refractivity contribution in [3.05, 3.63) is 41.0 Å². The second-order valence-corrected chi connectivity index (χ2v) is 9.94. The third-order valence-electron chi connectivity index (χ3n) is 7.27. The predicted octanol–water partition coefficient (Wildman–Crippen LogP) is 3.75. The summed E-state index contributed by atoms with van der Waals surface area (Å²) in [7, 11) is 0. The van der Waals surface area contributed by atoms with Crippen LogP contribution in [0.15, 0.2) is 24.3 Å². The third-order valence-corrected chi connectivity index (χ3v) is 7.27. The highest BCUT2D eigenvalue weighted by Crippen LogP contribution is 2.51. The van der Waals surface area contributed by atoms with E-state index in [9.17, 15) is 4.79 Å². The minimum Gasteiger partial charge on any atom is -0.463 e. The van der Waals surface area contributed by atoms with Gasteiger partial charge in [-0.3, -0.25) is 9.69 Å². The first kappa shape index (κ1) is 22.1. The smallest absolute Gasteiger partial charge is 0.320 e. The first-order chi connectivity index (χ1) is 16.1. The van der Waals surface area contributed by atoms with E-state index in [0.29, 0.717) is 37.9 Å². The highest BCUT2D eigenvalue weighted by molar-refractivity contribution is 5.93. The number of benzene rings is 1. The minimum atomic E-state index is -0.260. The molecule has 0 bridgehead atoms. The molecule has 1 saturated carbocycles. The third kappa shape index (κ3) is 4.83. The van der Waals surface area contributed by atoms with E-state index in [-0.39, 0.29) is 11.2 Å². The molecule has 3 heterocycles. The molecule has 1 aromatic carbocycles. The van der Waals surface area contributed by atoms with Crippen molar-refractivity contribution in [1.82, 2.24) is 14.9 Å². The van der Waals surface area contributed by atoms with Gasteiger partial charge >= 0.3 is 6.01 Å². The number of hydrogen-bond donors (Lipinski definition) is 1. The molecule has 0 unspecified atom stereocenters. The van der Waals surface area contributed by atoms with Crippen molar-refractivity contribution in [2.45, 2.75) is 65.0 Å². The summed E-state index contributed by atoms with van der Waals surface area (Å²) < 4.78 is 5.80. The van der Waals surface area contributed by atoms with E-state index in [1.807, 2.05) is 0 Å². The van der Waals surface area contributed by atoms with Crippen LogP contribution in [0.5, 0.6) is 6.01 Å². The van der Waals surface area contributed by atoms with E-state index in [4.69, 9.17) is 15.5 Å². The Labute approximate surface area is 196 Å². The second kappa shape index (κ2) is 9.29. The number of unbranched alkanes of at least 4 members (excludes halogenated alkanes) is 1. The molecule has 1 aromatic heterocycles. The zero-order valence-corrected chi connectivity index (χ0v) is 19.7. The number of fused-ring (bicyclic) bond motifs is 1. The molecule has 7 heteroatoms. The summed E-state index contributed by atoms with van der Waals surface area (Å²) in [6, 6.07) is 9.14. The van der Waals surface area contributed by atoms with Gasteiger partial charge in [0.2, 0.25) is 0 Å². The lowest BCUT2D eigenvalue weighted by Crippen LogP contribution is -2.33.